The molecule has 2 aliphatic heterocycles. The van der Waals surface area contributed by atoms with Gasteiger partial charge in [0.05, 0.1) is 35.3 Å². The van der Waals surface area contributed by atoms with Crippen molar-refractivity contribution in [2.45, 2.75) is 84.5 Å². The lowest BCUT2D eigenvalue weighted by Crippen LogP contribution is -2.43. The maximum absolute atomic E-state index is 13.4. The highest BCUT2D eigenvalue weighted by atomic mass is 16.6. The molecule has 1 saturated carbocycles. The number of aromatic nitrogens is 5. The Bertz CT molecular complexity index is 1960. The van der Waals surface area contributed by atoms with Crippen LogP contribution in [0.2, 0.25) is 0 Å². The molecule has 1 saturated heterocycles. The van der Waals surface area contributed by atoms with Crippen molar-refractivity contribution in [2.24, 2.45) is 5.92 Å². The molecule has 1 aromatic carbocycles. The number of piperidine rings is 1. The molecule has 1 atom stereocenters. The van der Waals surface area contributed by atoms with E-state index in [4.69, 9.17) is 19.4 Å². The van der Waals surface area contributed by atoms with Crippen molar-refractivity contribution >= 4 is 45.9 Å². The van der Waals surface area contributed by atoms with Crippen molar-refractivity contribution in [3.63, 3.8) is 0 Å². The fourth-order valence-corrected chi connectivity index (χ4v) is 6.46. The van der Waals surface area contributed by atoms with E-state index >= 15 is 0 Å². The van der Waals surface area contributed by atoms with Gasteiger partial charge in [-0.15, -0.1) is 0 Å². The number of hydrogen-bond donors (Lipinski definition) is 0. The molecule has 1 aliphatic carbocycles. The zero-order valence-corrected chi connectivity index (χ0v) is 28.5. The van der Waals surface area contributed by atoms with E-state index in [1.807, 2.05) is 71.0 Å². The Morgan fingerprint density at radius 1 is 0.917 bits per heavy atom. The number of ether oxygens (including phenoxy) is 2. The quantitative estimate of drug-likeness (QED) is 0.247. The maximum Gasteiger partial charge on any atom is 0.420 e. The minimum Gasteiger partial charge on any atom is -0.444 e. The second-order valence-corrected chi connectivity index (χ2v) is 15.1. The lowest BCUT2D eigenvalue weighted by atomic mass is 10.0. The summed E-state index contributed by atoms with van der Waals surface area (Å²) in [6.45, 7) is 13.3. The average Bonchev–Trinajstić information content (AvgIpc) is 3.42. The number of hydrogen-bond acceptors (Lipinski definition) is 8. The number of rotatable bonds is 4. The SMILES string of the molecule is CC(C)(C)OC(=O)N1CCCC(n2cnc3ccc(-c4cn(C(=O)OC(C)(C)C)c5ncc(C6=CCN(C(=O)C7CC7)C6)nc45)cc32)C1. The smallest absolute Gasteiger partial charge is 0.420 e. The molecule has 4 aromatic rings. The molecule has 3 aromatic heterocycles. The molecule has 0 radical (unpaired) electrons. The Labute approximate surface area is 279 Å². The Morgan fingerprint density at radius 2 is 1.67 bits per heavy atom. The van der Waals surface area contributed by atoms with Gasteiger partial charge in [0.15, 0.2) is 5.65 Å². The zero-order valence-electron chi connectivity index (χ0n) is 28.5. The molecule has 48 heavy (non-hydrogen) atoms. The summed E-state index contributed by atoms with van der Waals surface area (Å²) in [5.74, 6) is 0.349. The molecule has 0 bridgehead atoms. The van der Waals surface area contributed by atoms with E-state index in [2.05, 4.69) is 15.6 Å². The fraction of sp³-hybridized carbons (Fsp3) is 0.500. The van der Waals surface area contributed by atoms with Crippen LogP contribution in [-0.4, -0.2) is 89.4 Å². The van der Waals surface area contributed by atoms with Crippen LogP contribution in [-0.2, 0) is 14.3 Å². The third-order valence-corrected chi connectivity index (χ3v) is 8.90. The molecule has 1 unspecified atom stereocenters. The first-order valence-corrected chi connectivity index (χ1v) is 16.8. The van der Waals surface area contributed by atoms with E-state index in [-0.39, 0.29) is 24.0 Å². The molecule has 7 rings (SSSR count). The van der Waals surface area contributed by atoms with Gasteiger partial charge in [0.25, 0.3) is 0 Å². The largest absolute Gasteiger partial charge is 0.444 e. The Balaban J connectivity index is 1.25. The molecule has 0 N–H and O–H groups in total. The minimum atomic E-state index is -0.702. The molecule has 3 aliphatic rings. The Morgan fingerprint density at radius 3 is 2.40 bits per heavy atom. The zero-order chi connectivity index (χ0) is 34.0. The van der Waals surface area contributed by atoms with E-state index in [0.29, 0.717) is 43.0 Å². The van der Waals surface area contributed by atoms with Crippen molar-refractivity contribution < 1.29 is 23.9 Å². The second kappa shape index (κ2) is 11.7. The van der Waals surface area contributed by atoms with Gasteiger partial charge < -0.3 is 23.8 Å². The number of likely N-dealkylation sites (tertiary alicyclic amines) is 1. The first kappa shape index (κ1) is 31.8. The van der Waals surface area contributed by atoms with Gasteiger partial charge in [-0.2, -0.15) is 0 Å². The molecule has 5 heterocycles. The fourth-order valence-electron chi connectivity index (χ4n) is 6.46. The van der Waals surface area contributed by atoms with Gasteiger partial charge in [-0.05, 0) is 90.5 Å². The lowest BCUT2D eigenvalue weighted by Gasteiger charge is -2.34. The van der Waals surface area contributed by atoms with Crippen molar-refractivity contribution in [2.75, 3.05) is 26.2 Å². The minimum absolute atomic E-state index is 0.0246. The topological polar surface area (TPSA) is 125 Å². The summed E-state index contributed by atoms with van der Waals surface area (Å²) in [4.78, 5) is 57.1. The molecule has 2 amide bonds. The van der Waals surface area contributed by atoms with E-state index in [1.54, 1.807) is 17.3 Å². The summed E-state index contributed by atoms with van der Waals surface area (Å²) >= 11 is 0. The number of benzene rings is 1. The predicted octanol–water partition coefficient (Wildman–Crippen LogP) is 6.44. The molecule has 12 nitrogen and oxygen atoms in total. The highest BCUT2D eigenvalue weighted by Crippen LogP contribution is 2.36. The van der Waals surface area contributed by atoms with Crippen LogP contribution in [0.3, 0.4) is 0 Å². The van der Waals surface area contributed by atoms with Gasteiger partial charge in [0, 0.05) is 43.9 Å². The van der Waals surface area contributed by atoms with Crippen molar-refractivity contribution in [1.82, 2.24) is 33.9 Å². The van der Waals surface area contributed by atoms with Crippen molar-refractivity contribution in [1.29, 1.82) is 0 Å². The number of amides is 2. The predicted molar refractivity (Wildman–Crippen MR) is 181 cm³/mol. The summed E-state index contributed by atoms with van der Waals surface area (Å²) in [5, 5.41) is 0. The average molecular weight is 654 g/mol. The van der Waals surface area contributed by atoms with Crippen LogP contribution in [0.15, 0.2) is 43.0 Å². The van der Waals surface area contributed by atoms with Crippen molar-refractivity contribution in [3.8, 4) is 11.1 Å². The summed E-state index contributed by atoms with van der Waals surface area (Å²) in [5.41, 5.74) is 4.60. The van der Waals surface area contributed by atoms with Crippen LogP contribution in [0, 0.1) is 5.92 Å². The Hall–Kier alpha value is -4.74. The van der Waals surface area contributed by atoms with Gasteiger partial charge in [-0.1, -0.05) is 12.1 Å². The van der Waals surface area contributed by atoms with E-state index < -0.39 is 17.3 Å². The highest BCUT2D eigenvalue weighted by molar-refractivity contribution is 5.98. The second-order valence-electron chi connectivity index (χ2n) is 15.1. The van der Waals surface area contributed by atoms with Gasteiger partial charge >= 0.3 is 12.2 Å². The van der Waals surface area contributed by atoms with Crippen LogP contribution in [0.25, 0.3) is 38.9 Å². The number of carbonyl (C=O) groups excluding carboxylic acids is 3. The molecule has 12 heteroatoms. The van der Waals surface area contributed by atoms with Gasteiger partial charge in [-0.25, -0.2) is 29.1 Å². The van der Waals surface area contributed by atoms with Gasteiger partial charge in [-0.3, -0.25) is 4.79 Å². The number of fused-ring (bicyclic) bond motifs is 2. The normalized spacial score (nSPS) is 18.8. The van der Waals surface area contributed by atoms with Crippen LogP contribution < -0.4 is 0 Å². The van der Waals surface area contributed by atoms with Gasteiger partial charge in [0.2, 0.25) is 5.91 Å². The number of nitrogens with zero attached hydrogens (tertiary/aromatic N) is 7. The van der Waals surface area contributed by atoms with Crippen LogP contribution in [0.1, 0.15) is 79.0 Å². The van der Waals surface area contributed by atoms with Crippen molar-refractivity contribution in [3.05, 3.63) is 48.7 Å². The third-order valence-electron chi connectivity index (χ3n) is 8.90. The van der Waals surface area contributed by atoms with Crippen LogP contribution >= 0.6 is 0 Å². The monoisotopic (exact) mass is 653 g/mol. The maximum atomic E-state index is 13.4. The van der Waals surface area contributed by atoms with Crippen LogP contribution in [0.4, 0.5) is 9.59 Å². The molecular formula is C36H43N7O5. The first-order valence-electron chi connectivity index (χ1n) is 16.8. The molecular weight excluding hydrogens is 610 g/mol. The summed E-state index contributed by atoms with van der Waals surface area (Å²) < 4.78 is 15.0. The summed E-state index contributed by atoms with van der Waals surface area (Å²) in [6, 6.07) is 6.02. The molecule has 0 spiro atoms. The summed E-state index contributed by atoms with van der Waals surface area (Å²) in [6.07, 6.45) is 10.1. The van der Waals surface area contributed by atoms with E-state index in [9.17, 15) is 14.4 Å². The number of carbonyl (C=O) groups is 3. The van der Waals surface area contributed by atoms with Gasteiger partial charge in [0.1, 0.15) is 16.7 Å². The number of imidazole rings is 1. The molecule has 2 fully saturated rings. The summed E-state index contributed by atoms with van der Waals surface area (Å²) in [7, 11) is 0. The lowest BCUT2D eigenvalue weighted by molar-refractivity contribution is -0.131. The highest BCUT2D eigenvalue weighted by Gasteiger charge is 2.35. The standard InChI is InChI=1S/C36H43N7O5/c1-35(2,3)47-33(45)41-14-7-8-25(19-41)43-21-38-27-12-11-23(16-29(27)43)26-20-42(34(46)48-36(4,5)6)31-30(26)39-28(17-37-31)24-13-15-40(18-24)32(44)22-9-10-22/h11-13,16-17,20-22,25H,7-10,14-15,18-19H2,1-6H3. The van der Waals surface area contributed by atoms with E-state index in [0.717, 1.165) is 53.4 Å². The van der Waals surface area contributed by atoms with E-state index in [1.165, 1.54) is 4.57 Å². The first-order chi connectivity index (χ1) is 22.7. The molecule has 252 valence electrons. The van der Waals surface area contributed by atoms with Crippen LogP contribution in [0.5, 0.6) is 0 Å². The Kier molecular flexibility index (Phi) is 7.79. The third kappa shape index (κ3) is 6.40.